The molecule has 0 saturated heterocycles. The summed E-state index contributed by atoms with van der Waals surface area (Å²) in [5, 5.41) is 2.82. The average molecular weight is 189 g/mol. The normalized spacial score (nSPS) is 12.2. The third kappa shape index (κ3) is 4.64. The number of ether oxygens (including phenoxy) is 1. The molecule has 0 fully saturated rings. The van der Waals surface area contributed by atoms with Crippen LogP contribution in [0.4, 0.5) is 0 Å². The highest BCUT2D eigenvalue weighted by Crippen LogP contribution is 1.99. The zero-order valence-corrected chi connectivity index (χ0v) is 8.19. The van der Waals surface area contributed by atoms with E-state index in [1.165, 1.54) is 18.7 Å². The van der Waals surface area contributed by atoms with Crippen molar-refractivity contribution < 1.29 is 9.53 Å². The van der Waals surface area contributed by atoms with Crippen LogP contribution in [0.2, 0.25) is 0 Å². The molecule has 69 valence electrons. The van der Waals surface area contributed by atoms with Gasteiger partial charge in [-0.25, -0.2) is 11.6 Å². The van der Waals surface area contributed by atoms with E-state index in [1.807, 2.05) is 0 Å². The highest BCUT2D eigenvalue weighted by atomic mass is 32.2. The number of carbonyl (C=O) groups excluding carboxylic acids is 1. The minimum Gasteiger partial charge on any atom is -0.468 e. The molecule has 6 heteroatoms. The van der Waals surface area contributed by atoms with E-state index in [4.69, 9.17) is 5.73 Å². The van der Waals surface area contributed by atoms with Gasteiger partial charge in [0.25, 0.3) is 0 Å². The fraction of sp³-hybridized carbons (Fsp3) is 0.833. The third-order valence-electron chi connectivity index (χ3n) is 1.23. The lowest BCUT2D eigenvalue weighted by Crippen LogP contribution is -2.39. The van der Waals surface area contributed by atoms with Gasteiger partial charge in [-0.2, -0.15) is 0 Å². The molecule has 12 heavy (non-hydrogen) atoms. The Morgan fingerprint density at radius 1 is 1.83 bits per heavy atom. The van der Waals surface area contributed by atoms with Crippen LogP contribution < -0.4 is 11.1 Å². The summed E-state index contributed by atoms with van der Waals surface area (Å²) < 4.78 is 4.56. The van der Waals surface area contributed by atoms with Crippen molar-refractivity contribution in [3.8, 4) is 0 Å². The Bertz CT molecular complexity index is 137. The quantitative estimate of drug-likeness (QED) is 0.319. The molecule has 0 heterocycles. The maximum Gasteiger partial charge on any atom is 0.315 e. The molecule has 0 aliphatic heterocycles. The molecule has 0 saturated carbocycles. The second-order valence-corrected chi connectivity index (χ2v) is 3.10. The first-order chi connectivity index (χ1) is 5.76. The maximum atomic E-state index is 11.0. The van der Waals surface area contributed by atoms with E-state index in [2.05, 4.69) is 10.1 Å². The zero-order valence-electron chi connectivity index (χ0n) is 7.37. The predicted octanol–water partition coefficient (Wildman–Crippen LogP) is -0.984. The molecular weight excluding hydrogens is 175 g/mol. The number of likely N-dealkylation sites (N-methyl/N-ethyl adjacent to an activating group) is 1. The van der Waals surface area contributed by atoms with E-state index >= 15 is 0 Å². The van der Waals surface area contributed by atoms with Crippen LogP contribution in [0.15, 0.2) is 0 Å². The van der Waals surface area contributed by atoms with Gasteiger partial charge >= 0.3 is 5.97 Å². The number of hydrogen-bond acceptors (Lipinski definition) is 5. The van der Waals surface area contributed by atoms with E-state index in [0.29, 0.717) is 6.54 Å². The van der Waals surface area contributed by atoms with Gasteiger partial charge in [-0.05, 0) is 12.8 Å². The molecule has 0 aromatic rings. The lowest BCUT2D eigenvalue weighted by Gasteiger charge is -2.11. The first-order valence-electron chi connectivity index (χ1n) is 3.66. The van der Waals surface area contributed by atoms with Crippen molar-refractivity contribution in [3.63, 3.8) is 0 Å². The van der Waals surface area contributed by atoms with Gasteiger partial charge in [-0.15, -0.1) is 0 Å². The second-order valence-electron chi connectivity index (χ2n) is 2.09. The summed E-state index contributed by atoms with van der Waals surface area (Å²) in [5.74, 6) is 0.198. The summed E-state index contributed by atoms with van der Waals surface area (Å²) in [6.45, 7) is 2.40. The van der Waals surface area contributed by atoms with E-state index in [0.717, 1.165) is 5.75 Å². The Balaban J connectivity index is 3.60. The summed E-state index contributed by atoms with van der Waals surface area (Å²) in [7, 11) is 3.08. The molecule has 0 spiro atoms. The first-order valence-corrected chi connectivity index (χ1v) is 4.71. The van der Waals surface area contributed by atoms with Gasteiger partial charge < -0.3 is 15.8 Å². The van der Waals surface area contributed by atoms with Gasteiger partial charge in [0.2, 0.25) is 6.56 Å². The van der Waals surface area contributed by atoms with E-state index < -0.39 is 0 Å². The third-order valence-corrected chi connectivity index (χ3v) is 2.17. The minimum atomic E-state index is -0.341. The molecule has 0 bridgehead atoms. The van der Waals surface area contributed by atoms with Crippen molar-refractivity contribution in [1.82, 2.24) is 5.32 Å². The van der Waals surface area contributed by atoms with Crippen molar-refractivity contribution >= 4 is 24.1 Å². The van der Waals surface area contributed by atoms with Crippen molar-refractivity contribution in [2.45, 2.75) is 5.94 Å². The highest BCUT2D eigenvalue weighted by molar-refractivity contribution is 8.22. The lowest BCUT2D eigenvalue weighted by atomic mass is 9.95. The molecule has 0 aromatic carbocycles. The molecule has 0 aliphatic rings. The number of carbonyl (C=O) groups is 1. The van der Waals surface area contributed by atoms with Crippen LogP contribution in [0.5, 0.6) is 0 Å². The summed E-state index contributed by atoms with van der Waals surface area (Å²) in [6.07, 6.45) is 0. The number of hydrogen-bond donors (Lipinski definition) is 2. The molecule has 0 aliphatic carbocycles. The molecule has 0 amide bonds. The standard InChI is InChI=1S/C6H14BN2O2S/c1-9-5(6(10)11-2)7-12-4-3-8/h5,9H,3-4,8H2,1-2H3. The Labute approximate surface area is 77.7 Å². The minimum absolute atomic E-state index is 0.276. The molecule has 4 nitrogen and oxygen atoms in total. The predicted molar refractivity (Wildman–Crippen MR) is 52.1 cm³/mol. The van der Waals surface area contributed by atoms with Gasteiger partial charge in [0, 0.05) is 6.54 Å². The topological polar surface area (TPSA) is 64.3 Å². The molecule has 1 unspecified atom stereocenters. The van der Waals surface area contributed by atoms with Crippen molar-refractivity contribution in [3.05, 3.63) is 0 Å². The van der Waals surface area contributed by atoms with Crippen molar-refractivity contribution in [2.75, 3.05) is 26.5 Å². The number of rotatable bonds is 6. The van der Waals surface area contributed by atoms with Crippen LogP contribution in [-0.4, -0.2) is 44.9 Å². The van der Waals surface area contributed by atoms with Gasteiger partial charge in [-0.1, -0.05) is 0 Å². The molecule has 1 atom stereocenters. The number of nitrogens with two attached hydrogens (primary N) is 1. The molecule has 0 aromatic heterocycles. The van der Waals surface area contributed by atoms with Crippen LogP contribution in [0.25, 0.3) is 0 Å². The summed E-state index contributed by atoms with van der Waals surface area (Å²) in [4.78, 5) is 11.0. The second kappa shape index (κ2) is 7.45. The van der Waals surface area contributed by atoms with Gasteiger partial charge in [-0.3, -0.25) is 4.79 Å². The summed E-state index contributed by atoms with van der Waals surface area (Å²) in [6, 6.07) is 0. The zero-order chi connectivity index (χ0) is 9.40. The van der Waals surface area contributed by atoms with E-state index in [1.54, 1.807) is 13.6 Å². The fourth-order valence-electron chi connectivity index (χ4n) is 0.601. The van der Waals surface area contributed by atoms with E-state index in [-0.39, 0.29) is 11.9 Å². The SMILES string of the molecule is CNC([B]SCCN)C(=O)OC. The molecule has 1 radical (unpaired) electrons. The highest BCUT2D eigenvalue weighted by Gasteiger charge is 2.17. The van der Waals surface area contributed by atoms with Crippen LogP contribution in [-0.2, 0) is 9.53 Å². The van der Waals surface area contributed by atoms with Gasteiger partial charge in [0.1, 0.15) is 0 Å². The van der Waals surface area contributed by atoms with Crippen LogP contribution in [0.1, 0.15) is 0 Å². The Morgan fingerprint density at radius 2 is 2.50 bits per heavy atom. The summed E-state index contributed by atoms with van der Waals surface area (Å²) >= 11 is 1.52. The first kappa shape index (κ1) is 11.8. The van der Waals surface area contributed by atoms with Crippen molar-refractivity contribution in [1.29, 1.82) is 0 Å². The van der Waals surface area contributed by atoms with Gasteiger partial charge in [0.15, 0.2) is 0 Å². The van der Waals surface area contributed by atoms with E-state index in [9.17, 15) is 4.79 Å². The average Bonchev–Trinajstić information content (AvgIpc) is 2.11. The smallest absolute Gasteiger partial charge is 0.315 e. The number of esters is 1. The molecule has 3 N–H and O–H groups in total. The molecule has 0 rings (SSSR count). The lowest BCUT2D eigenvalue weighted by molar-refractivity contribution is -0.140. The summed E-state index contributed by atoms with van der Waals surface area (Å²) in [5.41, 5.74) is 5.29. The maximum absolute atomic E-state index is 11.0. The van der Waals surface area contributed by atoms with Crippen LogP contribution >= 0.6 is 11.6 Å². The number of nitrogens with one attached hydrogen (secondary N) is 1. The number of methoxy groups -OCH3 is 1. The monoisotopic (exact) mass is 189 g/mol. The largest absolute Gasteiger partial charge is 0.468 e. The Kier molecular flexibility index (Phi) is 7.33. The Morgan fingerprint density at radius 3 is 2.92 bits per heavy atom. The Hall–Kier alpha value is -0.195. The van der Waals surface area contributed by atoms with Crippen molar-refractivity contribution in [2.24, 2.45) is 5.73 Å². The molecular formula is C6H14BN2O2S. The van der Waals surface area contributed by atoms with Gasteiger partial charge in [0.05, 0.1) is 13.1 Å². The fourth-order valence-corrected chi connectivity index (χ4v) is 1.31. The van der Waals surface area contributed by atoms with Crippen LogP contribution in [0.3, 0.4) is 0 Å². The van der Waals surface area contributed by atoms with Crippen LogP contribution in [0, 0.1) is 0 Å².